The van der Waals surface area contributed by atoms with Crippen LogP contribution in [-0.2, 0) is 17.6 Å². The summed E-state index contributed by atoms with van der Waals surface area (Å²) in [5.41, 5.74) is 2.12. The number of amides is 1. The first-order valence-electron chi connectivity index (χ1n) is 8.50. The summed E-state index contributed by atoms with van der Waals surface area (Å²) in [6.07, 6.45) is 3.23. The molecule has 0 saturated heterocycles. The Hall–Kier alpha value is -2.36. The average Bonchev–Trinajstić information content (AvgIpc) is 3.44. The van der Waals surface area contributed by atoms with E-state index in [-0.39, 0.29) is 12.3 Å². The number of hydrogen-bond acceptors (Lipinski definition) is 7. The largest absolute Gasteiger partial charge is 0.339 e. The number of rotatable bonds is 7. The molecule has 1 N–H and O–H groups in total. The number of halogens is 1. The molecule has 6 nitrogen and oxygen atoms in total. The maximum absolute atomic E-state index is 12.2. The standard InChI is InChI=1S/C19H15BrN4O2S2/c20-14-3-1-12(2-4-14)9-15-10-21-19(28-15)22-16(25)5-6-17-23-18(24-26-17)13-7-8-27-11-13/h1-4,7-8,10-11H,5-6,9H2,(H,21,22,25). The van der Waals surface area contributed by atoms with Crippen LogP contribution in [0.4, 0.5) is 5.13 Å². The van der Waals surface area contributed by atoms with Crippen LogP contribution in [0.25, 0.3) is 11.4 Å². The van der Waals surface area contributed by atoms with Gasteiger partial charge in [0.25, 0.3) is 0 Å². The molecular formula is C19H15BrN4O2S2. The topological polar surface area (TPSA) is 80.9 Å². The van der Waals surface area contributed by atoms with E-state index >= 15 is 0 Å². The fraction of sp³-hybridized carbons (Fsp3) is 0.158. The number of thiophene rings is 1. The molecule has 4 aromatic rings. The van der Waals surface area contributed by atoms with Crippen LogP contribution in [-0.4, -0.2) is 21.0 Å². The van der Waals surface area contributed by atoms with E-state index in [1.54, 1.807) is 17.5 Å². The van der Waals surface area contributed by atoms with Crippen molar-refractivity contribution in [1.29, 1.82) is 0 Å². The van der Waals surface area contributed by atoms with Gasteiger partial charge in [0.1, 0.15) is 0 Å². The number of thiazole rings is 1. The van der Waals surface area contributed by atoms with Gasteiger partial charge in [0.05, 0.1) is 0 Å². The summed E-state index contributed by atoms with van der Waals surface area (Å²) in [4.78, 5) is 21.9. The molecule has 28 heavy (non-hydrogen) atoms. The average molecular weight is 475 g/mol. The summed E-state index contributed by atoms with van der Waals surface area (Å²) in [5, 5.41) is 11.3. The quantitative estimate of drug-likeness (QED) is 0.399. The van der Waals surface area contributed by atoms with Gasteiger partial charge in [-0.05, 0) is 29.1 Å². The zero-order valence-corrected chi connectivity index (χ0v) is 17.8. The van der Waals surface area contributed by atoms with Crippen molar-refractivity contribution in [1.82, 2.24) is 15.1 Å². The van der Waals surface area contributed by atoms with Crippen LogP contribution < -0.4 is 5.32 Å². The van der Waals surface area contributed by atoms with Gasteiger partial charge in [0.2, 0.25) is 17.6 Å². The Morgan fingerprint density at radius 1 is 1.21 bits per heavy atom. The minimum atomic E-state index is -0.125. The van der Waals surface area contributed by atoms with E-state index in [0.29, 0.717) is 23.3 Å². The highest BCUT2D eigenvalue weighted by Crippen LogP contribution is 2.23. The molecule has 9 heteroatoms. The van der Waals surface area contributed by atoms with Crippen molar-refractivity contribution in [2.24, 2.45) is 0 Å². The third-order valence-electron chi connectivity index (χ3n) is 3.90. The number of carbonyl (C=O) groups excluding carboxylic acids is 1. The van der Waals surface area contributed by atoms with E-state index in [1.165, 1.54) is 16.9 Å². The van der Waals surface area contributed by atoms with Crippen molar-refractivity contribution in [3.63, 3.8) is 0 Å². The van der Waals surface area contributed by atoms with Gasteiger partial charge in [-0.2, -0.15) is 16.3 Å². The SMILES string of the molecule is O=C(CCc1nc(-c2ccsc2)no1)Nc1ncc(Cc2ccc(Br)cc2)s1. The van der Waals surface area contributed by atoms with Crippen LogP contribution in [0.1, 0.15) is 22.8 Å². The second kappa shape index (κ2) is 8.76. The van der Waals surface area contributed by atoms with Crippen LogP contribution in [0, 0.1) is 0 Å². The summed E-state index contributed by atoms with van der Waals surface area (Å²) in [7, 11) is 0. The molecule has 0 unspecified atom stereocenters. The summed E-state index contributed by atoms with van der Waals surface area (Å²) < 4.78 is 6.27. The van der Waals surface area contributed by atoms with Gasteiger partial charge in [-0.3, -0.25) is 4.79 Å². The normalized spacial score (nSPS) is 10.9. The number of hydrogen-bond donors (Lipinski definition) is 1. The molecule has 0 atom stereocenters. The molecule has 0 radical (unpaired) electrons. The number of nitrogens with zero attached hydrogens (tertiary/aromatic N) is 3. The van der Waals surface area contributed by atoms with Gasteiger partial charge in [0.15, 0.2) is 5.13 Å². The molecular weight excluding hydrogens is 460 g/mol. The number of carbonyl (C=O) groups is 1. The fourth-order valence-corrected chi connectivity index (χ4v) is 4.28. The monoisotopic (exact) mass is 474 g/mol. The molecule has 1 amide bonds. The summed E-state index contributed by atoms with van der Waals surface area (Å²) in [6.45, 7) is 0. The van der Waals surface area contributed by atoms with Crippen molar-refractivity contribution >= 4 is 49.6 Å². The molecule has 0 aliphatic heterocycles. The van der Waals surface area contributed by atoms with Crippen molar-refractivity contribution in [2.75, 3.05) is 5.32 Å². The molecule has 0 fully saturated rings. The molecule has 4 rings (SSSR count). The summed E-state index contributed by atoms with van der Waals surface area (Å²) in [5.74, 6) is 0.875. The van der Waals surface area contributed by atoms with Gasteiger partial charge in [-0.15, -0.1) is 11.3 Å². The Kier molecular flexibility index (Phi) is 5.94. The van der Waals surface area contributed by atoms with Crippen LogP contribution in [0.5, 0.6) is 0 Å². The van der Waals surface area contributed by atoms with Crippen LogP contribution in [0.2, 0.25) is 0 Å². The van der Waals surface area contributed by atoms with Crippen molar-refractivity contribution in [3.8, 4) is 11.4 Å². The summed E-state index contributed by atoms with van der Waals surface area (Å²) >= 11 is 6.48. The Bertz CT molecular complexity index is 1060. The Morgan fingerprint density at radius 3 is 2.86 bits per heavy atom. The first kappa shape index (κ1) is 19.0. The highest BCUT2D eigenvalue weighted by Gasteiger charge is 2.12. The molecule has 0 spiro atoms. The van der Waals surface area contributed by atoms with Gasteiger partial charge in [-0.1, -0.05) is 33.2 Å². The van der Waals surface area contributed by atoms with Crippen LogP contribution in [0.3, 0.4) is 0 Å². The number of nitrogens with one attached hydrogen (secondary N) is 1. The van der Waals surface area contributed by atoms with E-state index in [4.69, 9.17) is 4.52 Å². The Balaban J connectivity index is 1.28. The van der Waals surface area contributed by atoms with E-state index in [9.17, 15) is 4.79 Å². The number of anilines is 1. The van der Waals surface area contributed by atoms with Gasteiger partial charge in [-0.25, -0.2) is 4.98 Å². The summed E-state index contributed by atoms with van der Waals surface area (Å²) in [6, 6.07) is 10.1. The molecule has 3 heterocycles. The predicted molar refractivity (Wildman–Crippen MR) is 114 cm³/mol. The van der Waals surface area contributed by atoms with E-state index in [2.05, 4.69) is 48.5 Å². The highest BCUT2D eigenvalue weighted by molar-refractivity contribution is 9.10. The first-order valence-corrected chi connectivity index (χ1v) is 11.0. The third-order valence-corrected chi connectivity index (χ3v) is 6.03. The maximum Gasteiger partial charge on any atom is 0.227 e. The zero-order valence-electron chi connectivity index (χ0n) is 14.6. The minimum absolute atomic E-state index is 0.125. The minimum Gasteiger partial charge on any atom is -0.339 e. The lowest BCUT2D eigenvalue weighted by Crippen LogP contribution is -2.12. The van der Waals surface area contributed by atoms with Crippen LogP contribution in [0.15, 0.2) is 56.3 Å². The van der Waals surface area contributed by atoms with Gasteiger partial charge >= 0.3 is 0 Å². The molecule has 0 bridgehead atoms. The third kappa shape index (κ3) is 4.92. The lowest BCUT2D eigenvalue weighted by molar-refractivity contribution is -0.116. The molecule has 1 aromatic carbocycles. The molecule has 0 saturated carbocycles. The Morgan fingerprint density at radius 2 is 2.07 bits per heavy atom. The van der Waals surface area contributed by atoms with E-state index in [0.717, 1.165) is 21.3 Å². The van der Waals surface area contributed by atoms with Gasteiger partial charge < -0.3 is 9.84 Å². The van der Waals surface area contributed by atoms with Crippen LogP contribution >= 0.6 is 38.6 Å². The maximum atomic E-state index is 12.2. The molecule has 142 valence electrons. The highest BCUT2D eigenvalue weighted by atomic mass is 79.9. The molecule has 0 aliphatic carbocycles. The second-order valence-corrected chi connectivity index (χ2v) is 8.82. The molecule has 0 aliphatic rings. The Labute approximate surface area is 177 Å². The van der Waals surface area contributed by atoms with Crippen molar-refractivity contribution in [2.45, 2.75) is 19.3 Å². The second-order valence-electron chi connectivity index (χ2n) is 6.01. The fourth-order valence-electron chi connectivity index (χ4n) is 2.52. The first-order chi connectivity index (χ1) is 13.7. The number of aromatic nitrogens is 3. The van der Waals surface area contributed by atoms with Gasteiger partial charge in [0, 0.05) is 45.8 Å². The van der Waals surface area contributed by atoms with Crippen molar-refractivity contribution in [3.05, 3.63) is 68.1 Å². The lowest BCUT2D eigenvalue weighted by atomic mass is 10.1. The molecule has 3 aromatic heterocycles. The smallest absolute Gasteiger partial charge is 0.227 e. The zero-order chi connectivity index (χ0) is 19.3. The van der Waals surface area contributed by atoms with Crippen molar-refractivity contribution < 1.29 is 9.32 Å². The lowest BCUT2D eigenvalue weighted by Gasteiger charge is -2.00. The predicted octanol–water partition coefficient (Wildman–Crippen LogP) is 5.18. The van der Waals surface area contributed by atoms with E-state index in [1.807, 2.05) is 29.0 Å². The number of aryl methyl sites for hydroxylation is 1. The number of benzene rings is 1. The van der Waals surface area contributed by atoms with E-state index < -0.39 is 0 Å².